The highest BCUT2D eigenvalue weighted by Crippen LogP contribution is 2.10. The molecule has 4 heteroatoms. The third-order valence-electron chi connectivity index (χ3n) is 1.28. The Bertz CT molecular complexity index is 333. The van der Waals surface area contributed by atoms with Gasteiger partial charge in [0, 0.05) is 10.6 Å². The summed E-state index contributed by atoms with van der Waals surface area (Å²) in [6, 6.07) is 5.82. The van der Waals surface area contributed by atoms with Gasteiger partial charge in [-0.15, -0.1) is 0 Å². The van der Waals surface area contributed by atoms with E-state index in [0.29, 0.717) is 5.02 Å². The zero-order chi connectivity index (χ0) is 9.14. The number of halogens is 1. The fourth-order valence-electron chi connectivity index (χ4n) is 0.753. The molecule has 0 saturated heterocycles. The second kappa shape index (κ2) is 3.36. The fourth-order valence-corrected chi connectivity index (χ4v) is 0.943. The number of carbonyl (C=O) groups excluding carboxylic acids is 1. The van der Waals surface area contributed by atoms with E-state index in [2.05, 4.69) is 0 Å². The van der Waals surface area contributed by atoms with Crippen molar-refractivity contribution < 1.29 is 14.7 Å². The van der Waals surface area contributed by atoms with E-state index in [1.807, 2.05) is 0 Å². The van der Waals surface area contributed by atoms with Crippen LogP contribution in [-0.2, 0) is 4.79 Å². The minimum atomic E-state index is -1.47. The Labute approximate surface area is 73.6 Å². The molecule has 0 radical (unpaired) electrons. The molecule has 0 fully saturated rings. The van der Waals surface area contributed by atoms with Crippen LogP contribution in [0.15, 0.2) is 24.3 Å². The molecule has 1 aromatic rings. The van der Waals surface area contributed by atoms with Gasteiger partial charge in [0.1, 0.15) is 0 Å². The predicted molar refractivity (Wildman–Crippen MR) is 43.4 cm³/mol. The monoisotopic (exact) mass is 184 g/mol. The van der Waals surface area contributed by atoms with Crippen molar-refractivity contribution in [3.63, 3.8) is 0 Å². The standard InChI is InChI=1S/C8H5ClO3/c9-6-3-1-2-5(4-6)7(10)8(11)12/h1-4H,(H,11,12). The number of benzene rings is 1. The molecule has 1 aromatic carbocycles. The number of Topliss-reactive ketones (excluding diaryl/α,β-unsaturated/α-hetero) is 1. The molecule has 0 aliphatic rings. The molecule has 1 rings (SSSR count). The van der Waals surface area contributed by atoms with Gasteiger partial charge < -0.3 is 5.11 Å². The van der Waals surface area contributed by atoms with Gasteiger partial charge in [-0.05, 0) is 12.1 Å². The highest BCUT2D eigenvalue weighted by molar-refractivity contribution is 6.40. The Hall–Kier alpha value is -1.35. The molecule has 3 nitrogen and oxygen atoms in total. The summed E-state index contributed by atoms with van der Waals surface area (Å²) in [5.74, 6) is -2.42. The Kier molecular flexibility index (Phi) is 2.45. The second-order valence-electron chi connectivity index (χ2n) is 2.14. The smallest absolute Gasteiger partial charge is 0.377 e. The number of rotatable bonds is 2. The summed E-state index contributed by atoms with van der Waals surface area (Å²) in [5.41, 5.74) is 0.0926. The number of aliphatic carboxylic acids is 1. The Balaban J connectivity index is 3.04. The van der Waals surface area contributed by atoms with Gasteiger partial charge in [-0.25, -0.2) is 4.79 Å². The Morgan fingerprint density at radius 2 is 2.00 bits per heavy atom. The van der Waals surface area contributed by atoms with Crippen molar-refractivity contribution in [2.45, 2.75) is 0 Å². The van der Waals surface area contributed by atoms with Crippen molar-refractivity contribution >= 4 is 23.4 Å². The molecule has 0 aliphatic heterocycles. The van der Waals surface area contributed by atoms with Crippen LogP contribution in [0, 0.1) is 0 Å². The average Bonchev–Trinajstić information content (AvgIpc) is 2.03. The van der Waals surface area contributed by atoms with Crippen molar-refractivity contribution in [3.8, 4) is 0 Å². The molecule has 0 unspecified atom stereocenters. The summed E-state index contributed by atoms with van der Waals surface area (Å²) in [4.78, 5) is 21.1. The minimum Gasteiger partial charge on any atom is -0.475 e. The summed E-state index contributed by atoms with van der Waals surface area (Å²) < 4.78 is 0. The van der Waals surface area contributed by atoms with Gasteiger partial charge >= 0.3 is 5.97 Å². The van der Waals surface area contributed by atoms with Gasteiger partial charge in [0.2, 0.25) is 0 Å². The molecule has 12 heavy (non-hydrogen) atoms. The summed E-state index contributed by atoms with van der Waals surface area (Å²) >= 11 is 5.55. The van der Waals surface area contributed by atoms with Gasteiger partial charge in [-0.3, -0.25) is 4.79 Å². The van der Waals surface area contributed by atoms with E-state index >= 15 is 0 Å². The summed E-state index contributed by atoms with van der Waals surface area (Å²) in [5, 5.41) is 8.68. The maximum atomic E-state index is 10.8. The van der Waals surface area contributed by atoms with Crippen LogP contribution < -0.4 is 0 Å². The van der Waals surface area contributed by atoms with E-state index in [1.165, 1.54) is 18.2 Å². The molecule has 1 N–H and O–H groups in total. The van der Waals surface area contributed by atoms with Crippen LogP contribution in [0.2, 0.25) is 5.02 Å². The molecule has 0 amide bonds. The highest BCUT2D eigenvalue weighted by atomic mass is 35.5. The number of carboxylic acids is 1. The minimum absolute atomic E-state index is 0.0926. The molecular formula is C8H5ClO3. The molecule has 0 heterocycles. The predicted octanol–water partition coefficient (Wildman–Crippen LogP) is 1.61. The molecule has 0 aromatic heterocycles. The van der Waals surface area contributed by atoms with Crippen molar-refractivity contribution in [2.75, 3.05) is 0 Å². The maximum absolute atomic E-state index is 10.8. The van der Waals surface area contributed by atoms with E-state index in [-0.39, 0.29) is 5.56 Å². The van der Waals surface area contributed by atoms with Gasteiger partial charge in [0.15, 0.2) is 0 Å². The maximum Gasteiger partial charge on any atom is 0.377 e. The van der Waals surface area contributed by atoms with Gasteiger partial charge in [-0.1, -0.05) is 23.7 Å². The topological polar surface area (TPSA) is 54.4 Å². The lowest BCUT2D eigenvalue weighted by molar-refractivity contribution is -0.131. The lowest BCUT2D eigenvalue weighted by Crippen LogP contribution is -2.12. The largest absolute Gasteiger partial charge is 0.475 e. The zero-order valence-electron chi connectivity index (χ0n) is 5.95. The van der Waals surface area contributed by atoms with Crippen molar-refractivity contribution in [2.24, 2.45) is 0 Å². The number of hydrogen-bond acceptors (Lipinski definition) is 2. The summed E-state index contributed by atoms with van der Waals surface area (Å²) in [6.07, 6.45) is 0. The first-order valence-corrected chi connectivity index (χ1v) is 3.52. The molecule has 0 bridgehead atoms. The molecule has 0 spiro atoms. The van der Waals surface area contributed by atoms with Crippen molar-refractivity contribution in [1.29, 1.82) is 0 Å². The van der Waals surface area contributed by atoms with E-state index in [4.69, 9.17) is 16.7 Å². The molecule has 62 valence electrons. The summed E-state index contributed by atoms with van der Waals surface area (Å²) in [7, 11) is 0. The van der Waals surface area contributed by atoms with E-state index in [9.17, 15) is 9.59 Å². The van der Waals surface area contributed by atoms with E-state index < -0.39 is 11.8 Å². The molecular weight excluding hydrogens is 180 g/mol. The first kappa shape index (κ1) is 8.74. The number of carbonyl (C=O) groups is 2. The van der Waals surface area contributed by atoms with Crippen LogP contribution >= 0.6 is 11.6 Å². The number of ketones is 1. The molecule has 0 atom stereocenters. The van der Waals surface area contributed by atoms with Gasteiger partial charge in [0.05, 0.1) is 0 Å². The van der Waals surface area contributed by atoms with Crippen LogP contribution in [0.5, 0.6) is 0 Å². The van der Waals surface area contributed by atoms with Gasteiger partial charge in [-0.2, -0.15) is 0 Å². The first-order chi connectivity index (χ1) is 5.61. The van der Waals surface area contributed by atoms with Crippen LogP contribution in [0.25, 0.3) is 0 Å². The van der Waals surface area contributed by atoms with Crippen LogP contribution in [0.4, 0.5) is 0 Å². The SMILES string of the molecule is O=C(O)C(=O)c1cccc(Cl)c1. The lowest BCUT2D eigenvalue weighted by atomic mass is 10.1. The number of carboxylic acid groups (broad SMARTS) is 1. The third-order valence-corrected chi connectivity index (χ3v) is 1.52. The summed E-state index contributed by atoms with van der Waals surface area (Å²) in [6.45, 7) is 0. The van der Waals surface area contributed by atoms with Gasteiger partial charge in [0.25, 0.3) is 5.78 Å². The number of hydrogen-bond donors (Lipinski definition) is 1. The average molecular weight is 185 g/mol. The van der Waals surface area contributed by atoms with E-state index in [0.717, 1.165) is 0 Å². The Morgan fingerprint density at radius 1 is 1.33 bits per heavy atom. The van der Waals surface area contributed by atoms with Crippen molar-refractivity contribution in [1.82, 2.24) is 0 Å². The van der Waals surface area contributed by atoms with Crippen molar-refractivity contribution in [3.05, 3.63) is 34.9 Å². The third kappa shape index (κ3) is 1.83. The van der Waals surface area contributed by atoms with E-state index in [1.54, 1.807) is 6.07 Å². The van der Waals surface area contributed by atoms with Crippen LogP contribution in [0.1, 0.15) is 10.4 Å². The quantitative estimate of drug-likeness (QED) is 0.561. The fraction of sp³-hybridized carbons (Fsp3) is 0. The van der Waals surface area contributed by atoms with Crippen LogP contribution in [-0.4, -0.2) is 16.9 Å². The molecule has 0 aliphatic carbocycles. The first-order valence-electron chi connectivity index (χ1n) is 3.14. The molecule has 0 saturated carbocycles. The lowest BCUT2D eigenvalue weighted by Gasteiger charge is -1.94. The second-order valence-corrected chi connectivity index (χ2v) is 2.58. The zero-order valence-corrected chi connectivity index (χ0v) is 6.71. The normalized spacial score (nSPS) is 9.42. The van der Waals surface area contributed by atoms with Crippen LogP contribution in [0.3, 0.4) is 0 Å². The highest BCUT2D eigenvalue weighted by Gasteiger charge is 2.13. The Morgan fingerprint density at radius 3 is 2.50 bits per heavy atom.